The molecule has 1 aromatic carbocycles. The molecule has 6 aliphatic rings. The maximum Gasteiger partial charge on any atom is 0.186 e. The highest BCUT2D eigenvalue weighted by molar-refractivity contribution is 6.10. The van der Waals surface area contributed by atoms with Crippen molar-refractivity contribution in [1.82, 2.24) is 0 Å². The van der Waals surface area contributed by atoms with E-state index in [0.29, 0.717) is 17.7 Å². The number of phenolic OH excluding ortho intramolecular Hbond substituents is 1. The highest BCUT2D eigenvalue weighted by Crippen LogP contribution is 2.70. The first-order valence-corrected chi connectivity index (χ1v) is 13.0. The lowest BCUT2D eigenvalue weighted by atomic mass is 9.46. The average molecular weight is 513 g/mol. The quantitative estimate of drug-likeness (QED) is 0.592. The average Bonchev–Trinajstić information content (AvgIpc) is 3.08. The van der Waals surface area contributed by atoms with Crippen LogP contribution in [0.4, 0.5) is 0 Å². The molecular formula is C29H36O8. The van der Waals surface area contributed by atoms with Gasteiger partial charge in [0.05, 0.1) is 23.2 Å². The van der Waals surface area contributed by atoms with E-state index in [2.05, 4.69) is 0 Å². The van der Waals surface area contributed by atoms with Crippen molar-refractivity contribution in [2.45, 2.75) is 94.9 Å². The van der Waals surface area contributed by atoms with Gasteiger partial charge in [-0.05, 0) is 47.1 Å². The lowest BCUT2D eigenvalue weighted by molar-refractivity contribution is -0.212. The highest BCUT2D eigenvalue weighted by atomic mass is 16.6. The van der Waals surface area contributed by atoms with E-state index >= 15 is 0 Å². The number of carbonyl (C=O) groups is 2. The minimum absolute atomic E-state index is 0.0982. The van der Waals surface area contributed by atoms with Crippen LogP contribution in [0.3, 0.4) is 0 Å². The van der Waals surface area contributed by atoms with Crippen LogP contribution in [0, 0.1) is 17.8 Å². The number of rotatable bonds is 3. The minimum atomic E-state index is -1.62. The second-order valence-electron chi connectivity index (χ2n) is 13.1. The van der Waals surface area contributed by atoms with Crippen LogP contribution in [0.5, 0.6) is 17.2 Å². The molecule has 1 saturated heterocycles. The van der Waals surface area contributed by atoms with Gasteiger partial charge >= 0.3 is 0 Å². The Hall–Kier alpha value is -2.42. The summed E-state index contributed by atoms with van der Waals surface area (Å²) in [7, 11) is 1.50. The van der Waals surface area contributed by atoms with E-state index in [1.165, 1.54) is 13.2 Å². The Morgan fingerprint density at radius 3 is 2.49 bits per heavy atom. The molecule has 0 radical (unpaired) electrons. The zero-order valence-corrected chi connectivity index (χ0v) is 22.7. The molecule has 7 atom stereocenters. The number of hydrogen-bond donors (Lipinski definition) is 2. The van der Waals surface area contributed by atoms with Gasteiger partial charge in [0.1, 0.15) is 28.9 Å². The van der Waals surface area contributed by atoms with Crippen LogP contribution in [-0.4, -0.2) is 63.5 Å². The summed E-state index contributed by atoms with van der Waals surface area (Å²) in [5.74, 6) is -1.86. The molecule has 0 aromatic heterocycles. The molecule has 2 unspecified atom stereocenters. The van der Waals surface area contributed by atoms with Crippen LogP contribution in [0.25, 0.3) is 0 Å². The number of hydrogen-bond acceptors (Lipinski definition) is 8. The third-order valence-corrected chi connectivity index (χ3v) is 9.73. The maximum atomic E-state index is 14.5. The van der Waals surface area contributed by atoms with Crippen LogP contribution in [-0.2, 0) is 19.7 Å². The zero-order chi connectivity index (χ0) is 27.1. The first-order valence-electron chi connectivity index (χ1n) is 13.0. The Morgan fingerprint density at radius 2 is 1.86 bits per heavy atom. The predicted octanol–water partition coefficient (Wildman–Crippen LogP) is 3.49. The molecule has 3 aliphatic heterocycles. The van der Waals surface area contributed by atoms with Gasteiger partial charge < -0.3 is 29.2 Å². The molecule has 2 N–H and O–H groups in total. The van der Waals surface area contributed by atoms with Crippen LogP contribution < -0.4 is 9.47 Å². The van der Waals surface area contributed by atoms with Crippen LogP contribution in [0.2, 0.25) is 0 Å². The molecule has 3 saturated carbocycles. The normalized spacial score (nSPS) is 40.3. The number of Topliss-reactive ketones (excluding diaryl/α,β-unsaturated/α-hetero) is 2. The first kappa shape index (κ1) is 24.9. The van der Waals surface area contributed by atoms with E-state index in [1.807, 2.05) is 34.6 Å². The lowest BCUT2D eigenvalue weighted by Gasteiger charge is -2.62. The summed E-state index contributed by atoms with van der Waals surface area (Å²) in [6.45, 7) is 13.0. The zero-order valence-electron chi connectivity index (χ0n) is 22.7. The summed E-state index contributed by atoms with van der Waals surface area (Å²) in [5, 5.41) is 21.7. The van der Waals surface area contributed by atoms with Crippen LogP contribution in [0.15, 0.2) is 18.2 Å². The number of methoxy groups -OCH3 is 1. The second kappa shape index (κ2) is 6.96. The molecule has 4 bridgehead atoms. The van der Waals surface area contributed by atoms with Crippen molar-refractivity contribution in [3.05, 3.63) is 29.3 Å². The Balaban J connectivity index is 1.70. The van der Waals surface area contributed by atoms with Gasteiger partial charge in [0.25, 0.3) is 0 Å². The van der Waals surface area contributed by atoms with E-state index in [1.54, 1.807) is 26.0 Å². The van der Waals surface area contributed by atoms with Crippen molar-refractivity contribution in [3.8, 4) is 17.2 Å². The Bertz CT molecular complexity index is 1270. The predicted molar refractivity (Wildman–Crippen MR) is 133 cm³/mol. The van der Waals surface area contributed by atoms with E-state index < -0.39 is 45.8 Å². The highest BCUT2D eigenvalue weighted by Gasteiger charge is 2.85. The van der Waals surface area contributed by atoms with Crippen molar-refractivity contribution in [3.63, 3.8) is 0 Å². The molecule has 8 heteroatoms. The molecule has 3 aliphatic carbocycles. The van der Waals surface area contributed by atoms with Gasteiger partial charge in [0, 0.05) is 36.0 Å². The molecule has 200 valence electrons. The number of carbonyl (C=O) groups excluding carboxylic acids is 2. The molecule has 4 fully saturated rings. The fourth-order valence-electron chi connectivity index (χ4n) is 7.84. The number of aliphatic hydroxyl groups is 1. The molecule has 1 aromatic rings. The van der Waals surface area contributed by atoms with Crippen molar-refractivity contribution >= 4 is 11.6 Å². The molecule has 1 spiro atoms. The SMILES string of the molecule is CO[C@H]1[C@@H]2CC3C(C)(C)O[C@@](/C=C/C(C)(C)O)(C2=O)[C@]32Oc3c(c(O)cc4c3C(C)(C)C(C)O4)C(=O)[C@H]12. The van der Waals surface area contributed by atoms with Crippen molar-refractivity contribution in [1.29, 1.82) is 0 Å². The topological polar surface area (TPSA) is 112 Å². The number of fused-ring (bicyclic) bond motifs is 3. The van der Waals surface area contributed by atoms with Gasteiger partial charge in [0.2, 0.25) is 0 Å². The van der Waals surface area contributed by atoms with E-state index in [4.69, 9.17) is 18.9 Å². The number of benzene rings is 1. The van der Waals surface area contributed by atoms with E-state index in [-0.39, 0.29) is 40.7 Å². The summed E-state index contributed by atoms with van der Waals surface area (Å²) >= 11 is 0. The van der Waals surface area contributed by atoms with E-state index in [9.17, 15) is 19.8 Å². The van der Waals surface area contributed by atoms with Gasteiger partial charge in [-0.25, -0.2) is 0 Å². The van der Waals surface area contributed by atoms with Crippen molar-refractivity contribution in [2.75, 3.05) is 7.11 Å². The summed E-state index contributed by atoms with van der Waals surface area (Å²) in [5.41, 5.74) is -4.83. The third kappa shape index (κ3) is 2.74. The summed E-state index contributed by atoms with van der Waals surface area (Å²) in [6, 6.07) is 1.49. The molecule has 3 heterocycles. The van der Waals surface area contributed by atoms with E-state index in [0.717, 1.165) is 0 Å². The summed E-state index contributed by atoms with van der Waals surface area (Å²) in [6.07, 6.45) is 2.63. The molecule has 7 rings (SSSR count). The van der Waals surface area contributed by atoms with Gasteiger partial charge in [-0.15, -0.1) is 0 Å². The van der Waals surface area contributed by atoms with Gasteiger partial charge in [0.15, 0.2) is 22.8 Å². The number of ether oxygens (including phenoxy) is 4. The number of ketones is 2. The molecular weight excluding hydrogens is 476 g/mol. The number of aromatic hydroxyl groups is 1. The lowest BCUT2D eigenvalue weighted by Crippen LogP contribution is -2.80. The van der Waals surface area contributed by atoms with Crippen molar-refractivity contribution < 1.29 is 38.7 Å². The molecule has 0 amide bonds. The summed E-state index contributed by atoms with van der Waals surface area (Å²) < 4.78 is 25.7. The van der Waals surface area contributed by atoms with Crippen LogP contribution >= 0.6 is 0 Å². The van der Waals surface area contributed by atoms with Crippen LogP contribution in [0.1, 0.15) is 70.8 Å². The Morgan fingerprint density at radius 1 is 1.19 bits per heavy atom. The largest absolute Gasteiger partial charge is 0.507 e. The monoisotopic (exact) mass is 512 g/mol. The third-order valence-electron chi connectivity index (χ3n) is 9.73. The maximum absolute atomic E-state index is 14.5. The van der Waals surface area contributed by atoms with Gasteiger partial charge in [-0.3, -0.25) is 9.59 Å². The van der Waals surface area contributed by atoms with Gasteiger partial charge in [-0.2, -0.15) is 0 Å². The molecule has 37 heavy (non-hydrogen) atoms. The Kier molecular flexibility index (Phi) is 4.68. The minimum Gasteiger partial charge on any atom is -0.507 e. The number of phenols is 1. The second-order valence-corrected chi connectivity index (χ2v) is 13.1. The fraction of sp³-hybridized carbons (Fsp3) is 0.655. The Labute approximate surface area is 216 Å². The van der Waals surface area contributed by atoms with Gasteiger partial charge in [-0.1, -0.05) is 19.9 Å². The molecule has 8 nitrogen and oxygen atoms in total. The summed E-state index contributed by atoms with van der Waals surface area (Å²) in [4.78, 5) is 28.8. The standard InChI is InChI=1S/C29H36O8/c1-13-26(4,5)19-16(35-13)12-15(30)18-21(31)20-22(34-8)14-11-17-27(6,7)37-28(24(14)32,10-9-25(2,3)33)29(17,20)36-23(18)19/h9-10,12-14,17,20,22,30,33H,11H2,1-8H3/b10-9+/t13?,14-,17?,20+,22-,28-,29-/m0/s1. The smallest absolute Gasteiger partial charge is 0.186 e. The fourth-order valence-corrected chi connectivity index (χ4v) is 7.84. The first-order chi connectivity index (χ1) is 17.0. The van der Waals surface area contributed by atoms with Crippen molar-refractivity contribution in [2.24, 2.45) is 17.8 Å².